The van der Waals surface area contributed by atoms with Crippen LogP contribution >= 0.6 is 0 Å². The molecule has 1 aromatic rings. The molecular formula is C12H22N2O5S2. The molecule has 0 fully saturated rings. The molecule has 1 rings (SSSR count). The Kier molecular flexibility index (Phi) is 5.97. The van der Waals surface area contributed by atoms with Gasteiger partial charge in [-0.2, -0.15) is 0 Å². The lowest BCUT2D eigenvalue weighted by atomic mass is 10.3. The van der Waals surface area contributed by atoms with Gasteiger partial charge >= 0.3 is 0 Å². The van der Waals surface area contributed by atoms with Gasteiger partial charge in [0.2, 0.25) is 5.09 Å². The number of furan rings is 1. The zero-order valence-corrected chi connectivity index (χ0v) is 14.2. The third-order valence-electron chi connectivity index (χ3n) is 2.50. The van der Waals surface area contributed by atoms with Crippen molar-refractivity contribution in [2.75, 3.05) is 12.0 Å². The molecule has 0 bridgehead atoms. The Labute approximate surface area is 126 Å². The van der Waals surface area contributed by atoms with Gasteiger partial charge in [-0.1, -0.05) is 13.8 Å². The molecule has 1 atom stereocenters. The van der Waals surface area contributed by atoms with Crippen molar-refractivity contribution >= 4 is 19.9 Å². The Morgan fingerprint density at radius 1 is 1.14 bits per heavy atom. The summed E-state index contributed by atoms with van der Waals surface area (Å²) >= 11 is 0. The summed E-state index contributed by atoms with van der Waals surface area (Å²) in [6, 6.07) is 2.45. The summed E-state index contributed by atoms with van der Waals surface area (Å²) in [6.45, 7) is 5.85. The van der Waals surface area contributed by atoms with Gasteiger partial charge < -0.3 is 9.73 Å². The molecule has 1 heterocycles. The fraction of sp³-hybridized carbons (Fsp3) is 0.667. The van der Waals surface area contributed by atoms with E-state index in [9.17, 15) is 16.8 Å². The minimum atomic E-state index is -3.86. The van der Waals surface area contributed by atoms with Crippen LogP contribution in [0.5, 0.6) is 0 Å². The van der Waals surface area contributed by atoms with Crippen molar-refractivity contribution < 1.29 is 21.3 Å². The fourth-order valence-corrected chi connectivity index (χ4v) is 4.00. The van der Waals surface area contributed by atoms with Crippen LogP contribution in [0, 0.1) is 0 Å². The van der Waals surface area contributed by atoms with E-state index in [1.807, 2.05) is 13.8 Å². The smallest absolute Gasteiger partial charge is 0.274 e. The molecule has 0 radical (unpaired) electrons. The van der Waals surface area contributed by atoms with Crippen LogP contribution in [0.25, 0.3) is 0 Å². The SMILES string of the molecule is CC(C)NCc1ccc(S(=O)(=O)NC(C)CS(C)(=O)=O)o1. The largest absolute Gasteiger partial charge is 0.447 e. The van der Waals surface area contributed by atoms with E-state index in [0.29, 0.717) is 12.3 Å². The number of hydrogen-bond acceptors (Lipinski definition) is 6. The van der Waals surface area contributed by atoms with E-state index in [2.05, 4.69) is 10.0 Å². The first kappa shape index (κ1) is 18.1. The average Bonchev–Trinajstić information content (AvgIpc) is 2.71. The first-order valence-corrected chi connectivity index (χ1v) is 10.1. The molecule has 2 N–H and O–H groups in total. The molecule has 7 nitrogen and oxygen atoms in total. The van der Waals surface area contributed by atoms with E-state index in [1.165, 1.54) is 13.0 Å². The van der Waals surface area contributed by atoms with E-state index >= 15 is 0 Å². The van der Waals surface area contributed by atoms with Crippen LogP contribution in [0.1, 0.15) is 26.5 Å². The van der Waals surface area contributed by atoms with E-state index in [0.717, 1.165) is 6.26 Å². The fourth-order valence-electron chi connectivity index (χ4n) is 1.71. The summed E-state index contributed by atoms with van der Waals surface area (Å²) in [6.07, 6.45) is 1.06. The quantitative estimate of drug-likeness (QED) is 0.714. The number of sulfonamides is 1. The minimum absolute atomic E-state index is 0.219. The van der Waals surface area contributed by atoms with Gasteiger partial charge in [0, 0.05) is 18.3 Å². The molecule has 0 spiro atoms. The molecule has 0 aromatic carbocycles. The maximum absolute atomic E-state index is 12.1. The second-order valence-electron chi connectivity index (χ2n) is 5.37. The van der Waals surface area contributed by atoms with Gasteiger partial charge in [-0.05, 0) is 19.1 Å². The molecule has 1 aromatic heterocycles. The maximum Gasteiger partial charge on any atom is 0.274 e. The Balaban J connectivity index is 2.75. The first-order valence-electron chi connectivity index (χ1n) is 6.52. The lowest BCUT2D eigenvalue weighted by Crippen LogP contribution is -2.37. The van der Waals surface area contributed by atoms with Crippen molar-refractivity contribution in [3.63, 3.8) is 0 Å². The Morgan fingerprint density at radius 2 is 1.76 bits per heavy atom. The highest BCUT2D eigenvalue weighted by molar-refractivity contribution is 7.91. The summed E-state index contributed by atoms with van der Waals surface area (Å²) in [5.74, 6) is 0.231. The maximum atomic E-state index is 12.1. The summed E-state index contributed by atoms with van der Waals surface area (Å²) < 4.78 is 54.0. The van der Waals surface area contributed by atoms with Crippen molar-refractivity contribution in [1.29, 1.82) is 0 Å². The van der Waals surface area contributed by atoms with Gasteiger partial charge in [0.15, 0.2) is 0 Å². The Morgan fingerprint density at radius 3 is 2.29 bits per heavy atom. The highest BCUT2D eigenvalue weighted by Crippen LogP contribution is 2.14. The van der Waals surface area contributed by atoms with Crippen LogP contribution in [0.4, 0.5) is 0 Å². The van der Waals surface area contributed by atoms with Crippen molar-refractivity contribution in [3.8, 4) is 0 Å². The molecule has 0 aliphatic carbocycles. The molecule has 122 valence electrons. The number of rotatable bonds is 8. The van der Waals surface area contributed by atoms with Crippen molar-refractivity contribution in [3.05, 3.63) is 17.9 Å². The zero-order chi connectivity index (χ0) is 16.3. The Bertz CT molecular complexity index is 662. The van der Waals surface area contributed by atoms with Crippen molar-refractivity contribution in [2.24, 2.45) is 0 Å². The zero-order valence-electron chi connectivity index (χ0n) is 12.6. The monoisotopic (exact) mass is 338 g/mol. The van der Waals surface area contributed by atoms with Gasteiger partial charge in [0.05, 0.1) is 12.3 Å². The Hall–Kier alpha value is -0.900. The van der Waals surface area contributed by atoms with Gasteiger partial charge in [0.25, 0.3) is 10.0 Å². The second-order valence-corrected chi connectivity index (χ2v) is 9.20. The molecule has 0 aliphatic heterocycles. The van der Waals surface area contributed by atoms with Crippen molar-refractivity contribution in [2.45, 2.75) is 44.5 Å². The summed E-state index contributed by atoms with van der Waals surface area (Å²) in [4.78, 5) is 0. The van der Waals surface area contributed by atoms with E-state index in [4.69, 9.17) is 4.42 Å². The standard InChI is InChI=1S/C12H22N2O5S2/c1-9(2)13-7-11-5-6-12(19-11)21(17,18)14-10(3)8-20(4,15)16/h5-6,9-10,13-14H,7-8H2,1-4H3. The first-order chi connectivity index (χ1) is 9.49. The molecule has 0 aliphatic rings. The van der Waals surface area contributed by atoms with Crippen LogP contribution in [0.2, 0.25) is 0 Å². The molecule has 0 saturated heterocycles. The third-order valence-corrected chi connectivity index (χ3v) is 5.06. The predicted octanol–water partition coefficient (Wildman–Crippen LogP) is 0.489. The number of sulfone groups is 1. The van der Waals surface area contributed by atoms with E-state index < -0.39 is 25.9 Å². The van der Waals surface area contributed by atoms with Crippen LogP contribution in [0.3, 0.4) is 0 Å². The molecule has 9 heteroatoms. The minimum Gasteiger partial charge on any atom is -0.447 e. The van der Waals surface area contributed by atoms with Gasteiger partial charge in [-0.25, -0.2) is 21.6 Å². The lowest BCUT2D eigenvalue weighted by Gasteiger charge is -2.11. The number of hydrogen-bond donors (Lipinski definition) is 2. The molecule has 21 heavy (non-hydrogen) atoms. The number of nitrogens with one attached hydrogen (secondary N) is 2. The molecule has 1 unspecified atom stereocenters. The predicted molar refractivity (Wildman–Crippen MR) is 80.2 cm³/mol. The second kappa shape index (κ2) is 6.91. The topological polar surface area (TPSA) is 105 Å². The van der Waals surface area contributed by atoms with Gasteiger partial charge in [-0.15, -0.1) is 0 Å². The van der Waals surface area contributed by atoms with Crippen LogP contribution in [0.15, 0.2) is 21.6 Å². The average molecular weight is 338 g/mol. The van der Waals surface area contributed by atoms with E-state index in [1.54, 1.807) is 6.07 Å². The van der Waals surface area contributed by atoms with Crippen LogP contribution in [-0.2, 0) is 26.4 Å². The van der Waals surface area contributed by atoms with E-state index in [-0.39, 0.29) is 16.9 Å². The van der Waals surface area contributed by atoms with Gasteiger partial charge in [0.1, 0.15) is 15.6 Å². The highest BCUT2D eigenvalue weighted by Gasteiger charge is 2.23. The normalized spacial score (nSPS) is 14.5. The third kappa shape index (κ3) is 6.60. The lowest BCUT2D eigenvalue weighted by molar-refractivity contribution is 0.392. The molecule has 0 amide bonds. The summed E-state index contributed by atoms with van der Waals surface area (Å²) in [5, 5.41) is 2.89. The van der Waals surface area contributed by atoms with Gasteiger partial charge in [-0.3, -0.25) is 0 Å². The van der Waals surface area contributed by atoms with Crippen LogP contribution in [-0.4, -0.2) is 40.9 Å². The summed E-state index contributed by atoms with van der Waals surface area (Å²) in [7, 11) is -7.12. The molecular weight excluding hydrogens is 316 g/mol. The summed E-state index contributed by atoms with van der Waals surface area (Å²) in [5.41, 5.74) is 0. The molecule has 0 saturated carbocycles. The van der Waals surface area contributed by atoms with Crippen LogP contribution < -0.4 is 10.0 Å². The van der Waals surface area contributed by atoms with Crippen molar-refractivity contribution in [1.82, 2.24) is 10.0 Å². The highest BCUT2D eigenvalue weighted by atomic mass is 32.2.